The zero-order valence-electron chi connectivity index (χ0n) is 9.12. The van der Waals surface area contributed by atoms with Crippen LogP contribution in [-0.2, 0) is 4.74 Å². The van der Waals surface area contributed by atoms with E-state index in [2.05, 4.69) is 25.8 Å². The zero-order valence-corrected chi connectivity index (χ0v) is 9.12. The lowest BCUT2D eigenvalue weighted by atomic mass is 10.1. The molecule has 80 valence electrons. The molecular weight excluding hydrogens is 166 g/mol. The topological polar surface area (TPSA) is 32.7 Å². The van der Waals surface area contributed by atoms with Gasteiger partial charge in [0.15, 0.2) is 0 Å². The van der Waals surface area contributed by atoms with Crippen molar-refractivity contribution >= 4 is 0 Å². The van der Waals surface area contributed by atoms with E-state index in [1.54, 1.807) is 0 Å². The van der Waals surface area contributed by atoms with Crippen LogP contribution in [0.3, 0.4) is 0 Å². The van der Waals surface area contributed by atoms with E-state index in [4.69, 9.17) is 9.84 Å². The summed E-state index contributed by atoms with van der Waals surface area (Å²) in [5.41, 5.74) is 0. The molecule has 0 radical (unpaired) electrons. The van der Waals surface area contributed by atoms with Crippen molar-refractivity contribution in [1.82, 2.24) is 4.90 Å². The van der Waals surface area contributed by atoms with E-state index < -0.39 is 0 Å². The summed E-state index contributed by atoms with van der Waals surface area (Å²) in [6.07, 6.45) is 1.23. The van der Waals surface area contributed by atoms with E-state index in [1.807, 2.05) is 0 Å². The van der Waals surface area contributed by atoms with Gasteiger partial charge in [0.2, 0.25) is 0 Å². The Hall–Kier alpha value is -0.120. The van der Waals surface area contributed by atoms with E-state index in [-0.39, 0.29) is 6.61 Å². The Labute approximate surface area is 81.7 Å². The second-order valence-electron chi connectivity index (χ2n) is 3.82. The number of hydrogen-bond acceptors (Lipinski definition) is 3. The molecule has 0 aliphatic rings. The summed E-state index contributed by atoms with van der Waals surface area (Å²) in [4.78, 5) is 2.26. The van der Waals surface area contributed by atoms with Crippen LogP contribution in [0.4, 0.5) is 0 Å². The highest BCUT2D eigenvalue weighted by Gasteiger charge is 1.99. The molecule has 3 heteroatoms. The maximum atomic E-state index is 8.47. The van der Waals surface area contributed by atoms with E-state index in [1.165, 1.54) is 6.42 Å². The first-order valence-corrected chi connectivity index (χ1v) is 5.04. The molecule has 0 bridgehead atoms. The van der Waals surface area contributed by atoms with E-state index in [0.29, 0.717) is 6.61 Å². The van der Waals surface area contributed by atoms with Gasteiger partial charge in [0.25, 0.3) is 0 Å². The van der Waals surface area contributed by atoms with Crippen LogP contribution in [0, 0.1) is 5.92 Å². The molecule has 1 N–H and O–H groups in total. The second kappa shape index (κ2) is 8.48. The first-order valence-electron chi connectivity index (χ1n) is 5.04. The second-order valence-corrected chi connectivity index (χ2v) is 3.82. The molecule has 0 saturated heterocycles. The van der Waals surface area contributed by atoms with Crippen molar-refractivity contribution in [2.24, 2.45) is 5.92 Å². The Morgan fingerprint density at radius 3 is 2.46 bits per heavy atom. The number of aliphatic hydroxyl groups is 1. The van der Waals surface area contributed by atoms with Crippen molar-refractivity contribution in [3.05, 3.63) is 0 Å². The zero-order chi connectivity index (χ0) is 10.1. The molecule has 0 atom stereocenters. The summed E-state index contributed by atoms with van der Waals surface area (Å²) in [7, 11) is 2.10. The Morgan fingerprint density at radius 2 is 1.92 bits per heavy atom. The summed E-state index contributed by atoms with van der Waals surface area (Å²) in [5, 5.41) is 8.47. The molecule has 0 aromatic carbocycles. The molecule has 13 heavy (non-hydrogen) atoms. The van der Waals surface area contributed by atoms with Gasteiger partial charge >= 0.3 is 0 Å². The fraction of sp³-hybridized carbons (Fsp3) is 1.00. The van der Waals surface area contributed by atoms with Gasteiger partial charge in [-0.2, -0.15) is 0 Å². The third-order valence-electron chi connectivity index (χ3n) is 1.94. The van der Waals surface area contributed by atoms with Crippen LogP contribution in [0.2, 0.25) is 0 Å². The van der Waals surface area contributed by atoms with Gasteiger partial charge in [-0.1, -0.05) is 13.8 Å². The highest BCUT2D eigenvalue weighted by atomic mass is 16.5. The lowest BCUT2D eigenvalue weighted by Crippen LogP contribution is -2.25. The molecule has 0 rings (SSSR count). The number of ether oxygens (including phenoxy) is 1. The molecule has 0 aliphatic carbocycles. The number of hydrogen-bond donors (Lipinski definition) is 1. The highest BCUT2D eigenvalue weighted by Crippen LogP contribution is 1.99. The average Bonchev–Trinajstić information content (AvgIpc) is 2.09. The molecule has 0 heterocycles. The van der Waals surface area contributed by atoms with E-state index >= 15 is 0 Å². The Morgan fingerprint density at radius 1 is 1.23 bits per heavy atom. The van der Waals surface area contributed by atoms with Gasteiger partial charge in [-0.25, -0.2) is 0 Å². The molecule has 0 saturated carbocycles. The average molecular weight is 189 g/mol. The molecule has 0 spiro atoms. The maximum absolute atomic E-state index is 8.47. The minimum absolute atomic E-state index is 0.121. The summed E-state index contributed by atoms with van der Waals surface area (Å²) in [6.45, 7) is 7.84. The van der Waals surface area contributed by atoms with Gasteiger partial charge in [0.1, 0.15) is 0 Å². The van der Waals surface area contributed by atoms with Crippen LogP contribution in [0.5, 0.6) is 0 Å². The van der Waals surface area contributed by atoms with Crippen LogP contribution < -0.4 is 0 Å². The van der Waals surface area contributed by atoms with Crippen LogP contribution in [0.1, 0.15) is 20.3 Å². The fourth-order valence-electron chi connectivity index (χ4n) is 0.977. The maximum Gasteiger partial charge on any atom is 0.0698 e. The Bertz CT molecular complexity index is 107. The summed E-state index contributed by atoms with van der Waals surface area (Å²) in [6, 6.07) is 0. The molecule has 0 aromatic rings. The van der Waals surface area contributed by atoms with Crippen molar-refractivity contribution in [3.8, 4) is 0 Å². The van der Waals surface area contributed by atoms with Crippen molar-refractivity contribution in [2.45, 2.75) is 20.3 Å². The van der Waals surface area contributed by atoms with Crippen molar-refractivity contribution < 1.29 is 9.84 Å². The van der Waals surface area contributed by atoms with Crippen LogP contribution in [0.25, 0.3) is 0 Å². The van der Waals surface area contributed by atoms with Crippen LogP contribution in [-0.4, -0.2) is 50.0 Å². The normalized spacial score (nSPS) is 11.5. The number of aliphatic hydroxyl groups excluding tert-OH is 1. The third kappa shape index (κ3) is 9.80. The summed E-state index contributed by atoms with van der Waals surface area (Å²) < 4.78 is 5.17. The smallest absolute Gasteiger partial charge is 0.0698 e. The molecule has 0 unspecified atom stereocenters. The molecule has 3 nitrogen and oxygen atoms in total. The van der Waals surface area contributed by atoms with Gasteiger partial charge in [-0.15, -0.1) is 0 Å². The molecule has 0 aromatic heterocycles. The number of likely N-dealkylation sites (N-methyl/N-ethyl adjacent to an activating group) is 1. The SMILES string of the molecule is CC(C)CCN(C)CCOCCO. The lowest BCUT2D eigenvalue weighted by molar-refractivity contribution is 0.0777. The minimum atomic E-state index is 0.121. The predicted molar refractivity (Wildman–Crippen MR) is 54.9 cm³/mol. The predicted octanol–water partition coefficient (Wildman–Crippen LogP) is 0.973. The lowest BCUT2D eigenvalue weighted by Gasteiger charge is -2.17. The number of rotatable bonds is 8. The van der Waals surface area contributed by atoms with E-state index in [9.17, 15) is 0 Å². The van der Waals surface area contributed by atoms with Gasteiger partial charge in [0, 0.05) is 6.54 Å². The Kier molecular flexibility index (Phi) is 8.40. The van der Waals surface area contributed by atoms with Gasteiger partial charge < -0.3 is 14.7 Å². The summed E-state index contributed by atoms with van der Waals surface area (Å²) in [5.74, 6) is 0.765. The summed E-state index contributed by atoms with van der Waals surface area (Å²) >= 11 is 0. The third-order valence-corrected chi connectivity index (χ3v) is 1.94. The number of nitrogens with zero attached hydrogens (tertiary/aromatic N) is 1. The van der Waals surface area contributed by atoms with Gasteiger partial charge in [-0.05, 0) is 25.9 Å². The fourth-order valence-corrected chi connectivity index (χ4v) is 0.977. The molecule has 0 fully saturated rings. The minimum Gasteiger partial charge on any atom is -0.394 e. The molecular formula is C10H23NO2. The molecule has 0 amide bonds. The monoisotopic (exact) mass is 189 g/mol. The van der Waals surface area contributed by atoms with Crippen molar-refractivity contribution in [2.75, 3.05) is 40.0 Å². The highest BCUT2D eigenvalue weighted by molar-refractivity contribution is 4.53. The van der Waals surface area contributed by atoms with Crippen molar-refractivity contribution in [1.29, 1.82) is 0 Å². The first-order chi connectivity index (χ1) is 6.16. The van der Waals surface area contributed by atoms with Crippen LogP contribution >= 0.6 is 0 Å². The van der Waals surface area contributed by atoms with Crippen molar-refractivity contribution in [3.63, 3.8) is 0 Å². The van der Waals surface area contributed by atoms with Gasteiger partial charge in [-0.3, -0.25) is 0 Å². The quantitative estimate of drug-likeness (QED) is 0.578. The standard InChI is InChI=1S/C10H23NO2/c1-10(2)4-5-11(3)6-8-13-9-7-12/h10,12H,4-9H2,1-3H3. The molecule has 0 aliphatic heterocycles. The largest absolute Gasteiger partial charge is 0.394 e. The van der Waals surface area contributed by atoms with Gasteiger partial charge in [0.05, 0.1) is 19.8 Å². The van der Waals surface area contributed by atoms with Crippen LogP contribution in [0.15, 0.2) is 0 Å². The Balaban J connectivity index is 3.15. The first kappa shape index (κ1) is 12.9. The van der Waals surface area contributed by atoms with E-state index in [0.717, 1.165) is 25.6 Å².